The maximum absolute atomic E-state index is 12.9. The predicted molar refractivity (Wildman–Crippen MR) is 86.7 cm³/mol. The van der Waals surface area contributed by atoms with Gasteiger partial charge in [-0.2, -0.15) is 4.99 Å². The average molecular weight is 332 g/mol. The Morgan fingerprint density at radius 1 is 1.08 bits per heavy atom. The minimum Gasteiger partial charge on any atom is -0.457 e. The lowest BCUT2D eigenvalue weighted by Gasteiger charge is -2.06. The highest BCUT2D eigenvalue weighted by Gasteiger charge is 2.11. The smallest absolute Gasteiger partial charge is 0.275 e. The van der Waals surface area contributed by atoms with Gasteiger partial charge < -0.3 is 21.9 Å². The maximum Gasteiger partial charge on any atom is 0.275 e. The zero-order valence-electron chi connectivity index (χ0n) is 12.2. The molecule has 0 spiro atoms. The van der Waals surface area contributed by atoms with Gasteiger partial charge in [-0.3, -0.25) is 10.1 Å². The van der Waals surface area contributed by atoms with Crippen LogP contribution in [0.15, 0.2) is 52.4 Å². The Morgan fingerprint density at radius 2 is 1.75 bits per heavy atom. The fraction of sp³-hybridized carbons (Fsp3) is 0. The van der Waals surface area contributed by atoms with Crippen LogP contribution in [0.1, 0.15) is 0 Å². The molecule has 0 fully saturated rings. The highest BCUT2D eigenvalue weighted by atomic mass is 19.1. The fourth-order valence-electron chi connectivity index (χ4n) is 1.73. The number of benzene rings is 2. The first-order chi connectivity index (χ1) is 11.3. The van der Waals surface area contributed by atoms with Gasteiger partial charge in [0.25, 0.3) is 5.69 Å². The van der Waals surface area contributed by atoms with E-state index in [0.29, 0.717) is 5.75 Å². The van der Waals surface area contributed by atoms with Gasteiger partial charge in [-0.15, -0.1) is 0 Å². The molecule has 2 aromatic carbocycles. The van der Waals surface area contributed by atoms with Crippen molar-refractivity contribution in [1.29, 1.82) is 0 Å². The van der Waals surface area contributed by atoms with Gasteiger partial charge in [-0.05, 0) is 24.3 Å². The van der Waals surface area contributed by atoms with Crippen LogP contribution in [-0.2, 0) is 0 Å². The summed E-state index contributed by atoms with van der Waals surface area (Å²) < 4.78 is 18.4. The lowest BCUT2D eigenvalue weighted by Crippen LogP contribution is -2.26. The number of halogens is 1. The number of nitro groups is 1. The molecule has 0 unspecified atom stereocenters. The summed E-state index contributed by atoms with van der Waals surface area (Å²) in [5.74, 6) is -0.597. The van der Waals surface area contributed by atoms with Crippen LogP contribution in [0, 0.1) is 15.9 Å². The zero-order chi connectivity index (χ0) is 17.7. The van der Waals surface area contributed by atoms with E-state index in [1.54, 1.807) is 0 Å². The number of nitrogens with two attached hydrogens (primary N) is 3. The molecule has 0 aliphatic carbocycles. The summed E-state index contributed by atoms with van der Waals surface area (Å²) in [4.78, 5) is 17.8. The molecule has 0 aromatic heterocycles. The number of hydrogen-bond donors (Lipinski definition) is 3. The van der Waals surface area contributed by atoms with Crippen LogP contribution in [0.3, 0.4) is 0 Å². The number of hydrogen-bond acceptors (Lipinski definition) is 4. The van der Waals surface area contributed by atoms with Crippen molar-refractivity contribution in [1.82, 2.24) is 0 Å². The molecule has 24 heavy (non-hydrogen) atoms. The van der Waals surface area contributed by atoms with Crippen molar-refractivity contribution in [2.24, 2.45) is 27.2 Å². The van der Waals surface area contributed by atoms with Crippen molar-refractivity contribution >= 4 is 23.3 Å². The van der Waals surface area contributed by atoms with E-state index in [1.165, 1.54) is 42.5 Å². The molecule has 9 nitrogen and oxygen atoms in total. The quantitative estimate of drug-likeness (QED) is 0.335. The van der Waals surface area contributed by atoms with Gasteiger partial charge in [0.05, 0.1) is 16.7 Å². The molecule has 0 radical (unpaired) electrons. The van der Waals surface area contributed by atoms with Crippen LogP contribution in [0.4, 0.5) is 15.8 Å². The minimum absolute atomic E-state index is 0.115. The summed E-state index contributed by atoms with van der Waals surface area (Å²) in [7, 11) is 0. The first-order valence-electron chi connectivity index (χ1n) is 6.50. The molecule has 0 saturated heterocycles. The van der Waals surface area contributed by atoms with E-state index in [1.807, 2.05) is 0 Å². The first kappa shape index (κ1) is 16.7. The third kappa shape index (κ3) is 4.66. The Kier molecular flexibility index (Phi) is 4.90. The number of rotatable bonds is 4. The summed E-state index contributed by atoms with van der Waals surface area (Å²) in [6.45, 7) is 0. The number of ether oxygens (including phenoxy) is 1. The molecular formula is C14H13FN6O3. The van der Waals surface area contributed by atoms with Crippen molar-refractivity contribution in [3.63, 3.8) is 0 Å². The molecule has 0 aliphatic heterocycles. The summed E-state index contributed by atoms with van der Waals surface area (Å²) >= 11 is 0. The summed E-state index contributed by atoms with van der Waals surface area (Å²) in [5.41, 5.74) is 15.7. The molecular weight excluding hydrogens is 319 g/mol. The van der Waals surface area contributed by atoms with Gasteiger partial charge in [0.15, 0.2) is 5.96 Å². The Morgan fingerprint density at radius 3 is 2.33 bits per heavy atom. The van der Waals surface area contributed by atoms with E-state index in [2.05, 4.69) is 9.98 Å². The molecule has 0 bridgehead atoms. The van der Waals surface area contributed by atoms with Crippen LogP contribution in [0.25, 0.3) is 0 Å². The fourth-order valence-corrected chi connectivity index (χ4v) is 1.73. The van der Waals surface area contributed by atoms with Crippen LogP contribution in [-0.4, -0.2) is 16.8 Å². The largest absolute Gasteiger partial charge is 0.457 e. The zero-order valence-corrected chi connectivity index (χ0v) is 12.2. The van der Waals surface area contributed by atoms with Gasteiger partial charge in [-0.25, -0.2) is 9.38 Å². The number of aliphatic imine (C=N–C) groups is 2. The normalized spacial score (nSPS) is 11.0. The molecule has 0 aliphatic rings. The van der Waals surface area contributed by atoms with E-state index in [4.69, 9.17) is 21.9 Å². The summed E-state index contributed by atoms with van der Waals surface area (Å²) in [5, 5.41) is 11.0. The number of non-ortho nitro benzene ring substituents is 1. The molecule has 0 amide bonds. The summed E-state index contributed by atoms with van der Waals surface area (Å²) in [6, 6.07) is 8.91. The minimum atomic E-state index is -0.618. The number of nitrogens with zero attached hydrogens (tertiary/aromatic N) is 3. The second-order valence-electron chi connectivity index (χ2n) is 4.50. The van der Waals surface area contributed by atoms with Crippen molar-refractivity contribution in [2.45, 2.75) is 0 Å². The monoisotopic (exact) mass is 332 g/mol. The highest BCUT2D eigenvalue weighted by Crippen LogP contribution is 2.31. The average Bonchev–Trinajstić information content (AvgIpc) is 2.48. The highest BCUT2D eigenvalue weighted by molar-refractivity contribution is 5.93. The Balaban J connectivity index is 2.39. The van der Waals surface area contributed by atoms with Crippen LogP contribution in [0.2, 0.25) is 0 Å². The molecule has 2 aromatic rings. The van der Waals surface area contributed by atoms with E-state index in [9.17, 15) is 14.5 Å². The number of guanidine groups is 2. The van der Waals surface area contributed by atoms with Crippen LogP contribution < -0.4 is 21.9 Å². The SMILES string of the molecule is NC(N)=NC(N)=Nc1cc(Oc2ccc(F)cc2)cc([N+](=O)[O-])c1. The lowest BCUT2D eigenvalue weighted by molar-refractivity contribution is -0.384. The molecule has 0 saturated carbocycles. The van der Waals surface area contributed by atoms with E-state index >= 15 is 0 Å². The van der Waals surface area contributed by atoms with E-state index in [0.717, 1.165) is 0 Å². The Bertz CT molecular complexity index is 816. The molecule has 0 atom stereocenters. The Hall–Kier alpha value is -3.69. The molecule has 0 heterocycles. The van der Waals surface area contributed by atoms with Crippen LogP contribution in [0.5, 0.6) is 11.5 Å². The molecule has 2 rings (SSSR count). The second-order valence-corrected chi connectivity index (χ2v) is 4.50. The number of nitro benzene ring substituents is 1. The lowest BCUT2D eigenvalue weighted by atomic mass is 10.2. The first-order valence-corrected chi connectivity index (χ1v) is 6.50. The van der Waals surface area contributed by atoms with E-state index < -0.39 is 10.7 Å². The topological polar surface area (TPSA) is 155 Å². The molecule has 10 heteroatoms. The molecule has 124 valence electrons. The predicted octanol–water partition coefficient (Wildman–Crippen LogP) is 1.75. The van der Waals surface area contributed by atoms with Crippen molar-refractivity contribution in [3.8, 4) is 11.5 Å². The van der Waals surface area contributed by atoms with Gasteiger partial charge in [0.2, 0.25) is 5.96 Å². The third-order valence-electron chi connectivity index (χ3n) is 2.62. The van der Waals surface area contributed by atoms with Crippen molar-refractivity contribution in [2.75, 3.05) is 0 Å². The van der Waals surface area contributed by atoms with Gasteiger partial charge in [0.1, 0.15) is 17.3 Å². The maximum atomic E-state index is 12.9. The van der Waals surface area contributed by atoms with Crippen LogP contribution >= 0.6 is 0 Å². The van der Waals surface area contributed by atoms with Gasteiger partial charge >= 0.3 is 0 Å². The van der Waals surface area contributed by atoms with Crippen molar-refractivity contribution < 1.29 is 14.1 Å². The third-order valence-corrected chi connectivity index (χ3v) is 2.62. The Labute approximate surface area is 135 Å². The van der Waals surface area contributed by atoms with Gasteiger partial charge in [-0.1, -0.05) is 0 Å². The second kappa shape index (κ2) is 7.05. The molecule has 6 N–H and O–H groups in total. The standard InChI is InChI=1S/C14H13FN6O3/c15-8-1-3-11(4-2-8)24-12-6-9(5-10(7-12)21(22)23)19-14(18)20-13(16)17/h1-7H,(H6,16,17,18,19,20). The van der Waals surface area contributed by atoms with E-state index in [-0.39, 0.29) is 29.0 Å². The van der Waals surface area contributed by atoms with Crippen molar-refractivity contribution in [3.05, 3.63) is 58.4 Å². The summed E-state index contributed by atoms with van der Waals surface area (Å²) in [6.07, 6.45) is 0. The van der Waals surface area contributed by atoms with Gasteiger partial charge in [0, 0.05) is 12.1 Å².